The fourth-order valence-corrected chi connectivity index (χ4v) is 6.22. The van der Waals surface area contributed by atoms with E-state index in [1.54, 1.807) is 18.3 Å². The van der Waals surface area contributed by atoms with Gasteiger partial charge in [-0.1, -0.05) is 41.9 Å². The van der Waals surface area contributed by atoms with Gasteiger partial charge < -0.3 is 4.90 Å². The lowest BCUT2D eigenvalue weighted by atomic mass is 9.64. The Balaban J connectivity index is 1.29. The van der Waals surface area contributed by atoms with E-state index in [-0.39, 0.29) is 16.5 Å². The zero-order valence-electron chi connectivity index (χ0n) is 18.7. The van der Waals surface area contributed by atoms with E-state index in [9.17, 15) is 4.79 Å². The van der Waals surface area contributed by atoms with Gasteiger partial charge in [0.15, 0.2) is 0 Å². The van der Waals surface area contributed by atoms with Crippen molar-refractivity contribution in [3.8, 4) is 0 Å². The first-order chi connectivity index (χ1) is 15.7. The molecule has 0 radical (unpaired) electrons. The summed E-state index contributed by atoms with van der Waals surface area (Å²) in [5.41, 5.74) is 3.46. The van der Waals surface area contributed by atoms with Gasteiger partial charge in [0, 0.05) is 37.0 Å². The summed E-state index contributed by atoms with van der Waals surface area (Å²) in [7, 11) is 0. The summed E-state index contributed by atoms with van der Waals surface area (Å²) in [4.78, 5) is 24.2. The fourth-order valence-electron chi connectivity index (χ4n) is 6.02. The maximum atomic E-state index is 13.0. The Kier molecular flexibility index (Phi) is 6.32. The number of carbonyl (C=O) groups is 1. The number of halogens is 1. The van der Waals surface area contributed by atoms with Crippen LogP contribution in [-0.4, -0.2) is 41.1 Å². The van der Waals surface area contributed by atoms with Gasteiger partial charge in [-0.05, 0) is 80.9 Å². The summed E-state index contributed by atoms with van der Waals surface area (Å²) in [6.45, 7) is 2.37. The minimum absolute atomic E-state index is 0.0109. The van der Waals surface area contributed by atoms with Gasteiger partial charge in [-0.15, -0.1) is 0 Å². The smallest absolute Gasteiger partial charge is 0.256 e. The molecule has 5 rings (SSSR count). The van der Waals surface area contributed by atoms with E-state index in [2.05, 4.69) is 35.3 Å². The third-order valence-corrected chi connectivity index (χ3v) is 8.44. The van der Waals surface area contributed by atoms with Crippen LogP contribution in [0.2, 0.25) is 5.15 Å². The summed E-state index contributed by atoms with van der Waals surface area (Å²) in [5.74, 6) is 1.68. The van der Waals surface area contributed by atoms with Gasteiger partial charge in [-0.2, -0.15) is 0 Å². The molecule has 4 nitrogen and oxygen atoms in total. The van der Waals surface area contributed by atoms with Gasteiger partial charge in [0.25, 0.3) is 5.91 Å². The summed E-state index contributed by atoms with van der Waals surface area (Å²) in [5, 5.41) is 0.287. The number of hydrogen-bond acceptors (Lipinski definition) is 3. The Hall–Kier alpha value is -2.20. The number of amides is 1. The Labute approximate surface area is 196 Å². The van der Waals surface area contributed by atoms with E-state index >= 15 is 0 Å². The molecule has 32 heavy (non-hydrogen) atoms. The lowest BCUT2D eigenvalue weighted by Gasteiger charge is -2.43. The summed E-state index contributed by atoms with van der Waals surface area (Å²) < 4.78 is 0. The molecule has 2 heterocycles. The first-order valence-corrected chi connectivity index (χ1v) is 12.5. The number of benzene rings is 1. The molecular formula is C27H32ClN3O. The standard InChI is InChI=1S/C27H32ClN3O/c28-25-23(9-5-16-30-25)26(32)31-18-14-27(15-19-31,21-7-2-1-3-8-21)13-17-29-24-10-4-6-20-11-12-22(20)24/h1-3,5,7-9,16,20,22H,4,6,10-15,17-19H2. The van der Waals surface area contributed by atoms with E-state index < -0.39 is 0 Å². The number of hydrogen-bond donors (Lipinski definition) is 0. The summed E-state index contributed by atoms with van der Waals surface area (Å²) >= 11 is 6.19. The third kappa shape index (κ3) is 4.22. The molecule has 2 aliphatic carbocycles. The van der Waals surface area contributed by atoms with Crippen LogP contribution in [0.1, 0.15) is 67.3 Å². The molecule has 2 saturated carbocycles. The second-order valence-electron chi connectivity index (χ2n) is 9.74. The van der Waals surface area contributed by atoms with Gasteiger partial charge in [0.05, 0.1) is 5.56 Å². The molecule has 3 aliphatic rings. The highest BCUT2D eigenvalue weighted by molar-refractivity contribution is 6.32. The number of nitrogens with zero attached hydrogens (tertiary/aromatic N) is 3. The maximum absolute atomic E-state index is 13.0. The minimum atomic E-state index is -0.0109. The average Bonchev–Trinajstić information content (AvgIpc) is 2.81. The van der Waals surface area contributed by atoms with Crippen molar-refractivity contribution in [3.63, 3.8) is 0 Å². The molecule has 2 atom stereocenters. The van der Waals surface area contributed by atoms with Crippen LogP contribution in [0.25, 0.3) is 0 Å². The topological polar surface area (TPSA) is 45.6 Å². The van der Waals surface area contributed by atoms with Crippen molar-refractivity contribution in [1.82, 2.24) is 9.88 Å². The number of fused-ring (bicyclic) bond motifs is 1. The second kappa shape index (κ2) is 9.35. The van der Waals surface area contributed by atoms with Gasteiger partial charge in [-0.25, -0.2) is 4.98 Å². The first kappa shape index (κ1) is 21.6. The number of aliphatic imine (C=N–C) groups is 1. The predicted molar refractivity (Wildman–Crippen MR) is 129 cm³/mol. The zero-order valence-corrected chi connectivity index (χ0v) is 19.4. The first-order valence-electron chi connectivity index (χ1n) is 12.1. The van der Waals surface area contributed by atoms with Crippen molar-refractivity contribution in [2.75, 3.05) is 19.6 Å². The third-order valence-electron chi connectivity index (χ3n) is 8.14. The molecular weight excluding hydrogens is 418 g/mol. The van der Waals surface area contributed by atoms with E-state index in [0.717, 1.165) is 50.7 Å². The van der Waals surface area contributed by atoms with Crippen LogP contribution >= 0.6 is 11.6 Å². The lowest BCUT2D eigenvalue weighted by molar-refractivity contribution is 0.0660. The number of aromatic nitrogens is 1. The zero-order chi connectivity index (χ0) is 22.0. The van der Waals surface area contributed by atoms with Crippen LogP contribution in [0, 0.1) is 11.8 Å². The molecule has 1 aromatic carbocycles. The Morgan fingerprint density at radius 1 is 1.09 bits per heavy atom. The molecule has 3 fully saturated rings. The number of piperidine rings is 1. The van der Waals surface area contributed by atoms with Gasteiger partial charge in [0.2, 0.25) is 0 Å². The molecule has 2 unspecified atom stereocenters. The Morgan fingerprint density at radius 3 is 2.62 bits per heavy atom. The van der Waals surface area contributed by atoms with Crippen molar-refractivity contribution >= 4 is 23.2 Å². The molecule has 1 saturated heterocycles. The van der Waals surface area contributed by atoms with Crippen LogP contribution in [0.4, 0.5) is 0 Å². The highest BCUT2D eigenvalue weighted by Crippen LogP contribution is 2.44. The number of pyridine rings is 1. The van der Waals surface area contributed by atoms with Crippen molar-refractivity contribution in [3.05, 3.63) is 64.9 Å². The molecule has 1 aliphatic heterocycles. The van der Waals surface area contributed by atoms with E-state index in [0.29, 0.717) is 5.56 Å². The minimum Gasteiger partial charge on any atom is -0.338 e. The lowest BCUT2D eigenvalue weighted by Crippen LogP contribution is -2.45. The van der Waals surface area contributed by atoms with Crippen molar-refractivity contribution in [1.29, 1.82) is 0 Å². The SMILES string of the molecule is O=C(c1cccnc1Cl)N1CCC(CCN=C2CCCC3CCC23)(c2ccccc2)CC1. The van der Waals surface area contributed by atoms with Crippen LogP contribution < -0.4 is 0 Å². The monoisotopic (exact) mass is 449 g/mol. The van der Waals surface area contributed by atoms with Gasteiger partial charge in [-0.3, -0.25) is 9.79 Å². The Morgan fingerprint density at radius 2 is 1.91 bits per heavy atom. The second-order valence-corrected chi connectivity index (χ2v) is 10.1. The van der Waals surface area contributed by atoms with E-state index in [4.69, 9.17) is 16.6 Å². The summed E-state index contributed by atoms with van der Waals surface area (Å²) in [6.07, 6.45) is 11.3. The highest BCUT2D eigenvalue weighted by Gasteiger charge is 2.39. The molecule has 1 aromatic heterocycles. The van der Waals surface area contributed by atoms with Gasteiger partial charge in [0.1, 0.15) is 5.15 Å². The van der Waals surface area contributed by atoms with Crippen LogP contribution in [0.3, 0.4) is 0 Å². The largest absolute Gasteiger partial charge is 0.338 e. The average molecular weight is 450 g/mol. The van der Waals surface area contributed by atoms with E-state index in [1.807, 2.05) is 4.90 Å². The molecule has 2 aromatic rings. The normalized spacial score (nSPS) is 25.8. The number of rotatable bonds is 5. The predicted octanol–water partition coefficient (Wildman–Crippen LogP) is 5.95. The van der Waals surface area contributed by atoms with Crippen molar-refractivity contribution in [2.24, 2.45) is 16.8 Å². The summed E-state index contributed by atoms with van der Waals surface area (Å²) in [6, 6.07) is 14.4. The van der Waals surface area contributed by atoms with Gasteiger partial charge >= 0.3 is 0 Å². The van der Waals surface area contributed by atoms with E-state index in [1.165, 1.54) is 43.4 Å². The van der Waals surface area contributed by atoms with Crippen LogP contribution in [0.15, 0.2) is 53.7 Å². The quantitative estimate of drug-likeness (QED) is 0.529. The molecule has 1 amide bonds. The molecule has 5 heteroatoms. The molecule has 0 bridgehead atoms. The van der Waals surface area contributed by atoms with Crippen molar-refractivity contribution < 1.29 is 4.79 Å². The Bertz CT molecular complexity index is 981. The molecule has 168 valence electrons. The fraction of sp³-hybridized carbons (Fsp3) is 0.519. The molecule has 0 spiro atoms. The number of carbonyl (C=O) groups excluding carboxylic acids is 1. The highest BCUT2D eigenvalue weighted by atomic mass is 35.5. The molecule has 0 N–H and O–H groups in total. The van der Waals surface area contributed by atoms with Crippen LogP contribution in [0.5, 0.6) is 0 Å². The van der Waals surface area contributed by atoms with Crippen molar-refractivity contribution in [2.45, 2.75) is 56.8 Å². The number of likely N-dealkylation sites (tertiary alicyclic amines) is 1. The maximum Gasteiger partial charge on any atom is 0.256 e. The van der Waals surface area contributed by atoms with Crippen LogP contribution in [-0.2, 0) is 5.41 Å².